The fraction of sp³-hybridized carbons (Fsp3) is 0.316. The summed E-state index contributed by atoms with van der Waals surface area (Å²) in [5.74, 6) is 2.53. The number of ether oxygens (including phenoxy) is 2. The number of piperazine rings is 1. The zero-order valence-corrected chi connectivity index (χ0v) is 15.9. The molecule has 1 aromatic carbocycles. The molecule has 2 aliphatic heterocycles. The van der Waals surface area contributed by atoms with Crippen LogP contribution in [0.4, 0.5) is 0 Å². The Morgan fingerprint density at radius 2 is 1.96 bits per heavy atom. The molecule has 0 bridgehead atoms. The maximum absolute atomic E-state index is 12.8. The van der Waals surface area contributed by atoms with E-state index in [-0.39, 0.29) is 12.7 Å². The maximum Gasteiger partial charge on any atom is 0.254 e. The molecule has 2 aliphatic rings. The van der Waals surface area contributed by atoms with Gasteiger partial charge in [-0.25, -0.2) is 0 Å². The van der Waals surface area contributed by atoms with Gasteiger partial charge >= 0.3 is 0 Å². The molecule has 8 nitrogen and oxygen atoms in total. The van der Waals surface area contributed by atoms with Gasteiger partial charge in [0, 0.05) is 42.7 Å². The van der Waals surface area contributed by atoms with Crippen LogP contribution in [0.1, 0.15) is 16.2 Å². The minimum absolute atomic E-state index is 0.00971. The van der Waals surface area contributed by atoms with Gasteiger partial charge in [0.05, 0.1) is 6.54 Å². The van der Waals surface area contributed by atoms with Gasteiger partial charge in [-0.3, -0.25) is 9.69 Å². The first kappa shape index (κ1) is 17.2. The van der Waals surface area contributed by atoms with Crippen LogP contribution >= 0.6 is 11.3 Å². The number of hydrogen-bond donors (Lipinski definition) is 0. The average molecular weight is 398 g/mol. The van der Waals surface area contributed by atoms with E-state index in [1.165, 1.54) is 0 Å². The number of rotatable bonds is 4. The molecule has 4 heterocycles. The number of hydrogen-bond acceptors (Lipinski definition) is 8. The molecular formula is C19H18N4O4S. The van der Waals surface area contributed by atoms with Crippen LogP contribution in [-0.4, -0.2) is 58.8 Å². The highest BCUT2D eigenvalue weighted by Gasteiger charge is 2.25. The van der Waals surface area contributed by atoms with Crippen molar-refractivity contribution in [2.24, 2.45) is 0 Å². The SMILES string of the molecule is O=C(c1ccc2c(c1)OCO2)N1CCN(Cc2nc(-c3ccsc3)no2)CC1. The Hall–Kier alpha value is -2.91. The fourth-order valence-corrected chi connectivity index (χ4v) is 3.97. The number of thiophene rings is 1. The van der Waals surface area contributed by atoms with Gasteiger partial charge in [0.1, 0.15) is 0 Å². The molecule has 0 N–H and O–H groups in total. The lowest BCUT2D eigenvalue weighted by Gasteiger charge is -2.34. The highest BCUT2D eigenvalue weighted by Crippen LogP contribution is 2.32. The van der Waals surface area contributed by atoms with Gasteiger partial charge in [-0.05, 0) is 29.6 Å². The van der Waals surface area contributed by atoms with Crippen molar-refractivity contribution < 1.29 is 18.8 Å². The van der Waals surface area contributed by atoms with E-state index in [0.29, 0.717) is 48.4 Å². The topological polar surface area (TPSA) is 80.9 Å². The summed E-state index contributed by atoms with van der Waals surface area (Å²) in [6.45, 7) is 3.61. The standard InChI is InChI=1S/C19H18N4O4S/c24-19(13-1-2-15-16(9-13)26-12-25-15)23-6-4-22(5-7-23)10-17-20-18(21-27-17)14-3-8-28-11-14/h1-3,8-9,11H,4-7,10,12H2. The van der Waals surface area contributed by atoms with E-state index in [0.717, 1.165) is 18.7 Å². The van der Waals surface area contributed by atoms with E-state index >= 15 is 0 Å². The number of aromatic nitrogens is 2. The second-order valence-corrected chi connectivity index (χ2v) is 7.44. The van der Waals surface area contributed by atoms with Crippen molar-refractivity contribution in [1.29, 1.82) is 0 Å². The molecule has 144 valence electrons. The van der Waals surface area contributed by atoms with Gasteiger partial charge in [-0.2, -0.15) is 16.3 Å². The molecule has 0 saturated carbocycles. The molecule has 2 aromatic heterocycles. The third-order valence-electron chi connectivity index (χ3n) is 4.89. The van der Waals surface area contributed by atoms with Crippen LogP contribution < -0.4 is 9.47 Å². The summed E-state index contributed by atoms with van der Waals surface area (Å²) < 4.78 is 16.0. The largest absolute Gasteiger partial charge is 0.454 e. The first-order valence-electron chi connectivity index (χ1n) is 9.03. The zero-order valence-electron chi connectivity index (χ0n) is 15.0. The Morgan fingerprint density at radius 3 is 2.79 bits per heavy atom. The van der Waals surface area contributed by atoms with Crippen LogP contribution in [0, 0.1) is 0 Å². The summed E-state index contributed by atoms with van der Waals surface area (Å²) >= 11 is 1.60. The number of nitrogens with zero attached hydrogens (tertiary/aromatic N) is 4. The molecule has 5 rings (SSSR count). The first-order chi connectivity index (χ1) is 13.8. The Kier molecular flexibility index (Phi) is 4.46. The highest BCUT2D eigenvalue weighted by molar-refractivity contribution is 7.08. The fourth-order valence-electron chi connectivity index (χ4n) is 3.34. The van der Waals surface area contributed by atoms with E-state index < -0.39 is 0 Å². The van der Waals surface area contributed by atoms with Gasteiger partial charge < -0.3 is 18.9 Å². The van der Waals surface area contributed by atoms with Crippen molar-refractivity contribution in [1.82, 2.24) is 19.9 Å². The van der Waals surface area contributed by atoms with Gasteiger partial charge in [-0.15, -0.1) is 0 Å². The summed E-state index contributed by atoms with van der Waals surface area (Å²) in [7, 11) is 0. The van der Waals surface area contributed by atoms with Crippen molar-refractivity contribution in [2.75, 3.05) is 33.0 Å². The van der Waals surface area contributed by atoms with E-state index in [1.54, 1.807) is 29.5 Å². The zero-order chi connectivity index (χ0) is 18.9. The smallest absolute Gasteiger partial charge is 0.254 e. The van der Waals surface area contributed by atoms with Crippen molar-refractivity contribution in [3.05, 3.63) is 46.5 Å². The second kappa shape index (κ2) is 7.25. The normalized spacial score (nSPS) is 16.5. The molecule has 9 heteroatoms. The van der Waals surface area contributed by atoms with Crippen molar-refractivity contribution in [2.45, 2.75) is 6.54 Å². The van der Waals surface area contributed by atoms with Gasteiger partial charge in [0.25, 0.3) is 5.91 Å². The summed E-state index contributed by atoms with van der Waals surface area (Å²) in [4.78, 5) is 21.3. The minimum atomic E-state index is 0.00971. The number of fused-ring (bicyclic) bond motifs is 1. The lowest BCUT2D eigenvalue weighted by atomic mass is 10.1. The highest BCUT2D eigenvalue weighted by atomic mass is 32.1. The number of carbonyl (C=O) groups is 1. The summed E-state index contributed by atoms with van der Waals surface area (Å²) in [6.07, 6.45) is 0. The molecule has 3 aromatic rings. The van der Waals surface area contributed by atoms with Crippen LogP contribution in [-0.2, 0) is 6.54 Å². The molecule has 0 aliphatic carbocycles. The molecule has 28 heavy (non-hydrogen) atoms. The van der Waals surface area contributed by atoms with Crippen LogP contribution in [0.25, 0.3) is 11.4 Å². The van der Waals surface area contributed by atoms with Crippen LogP contribution in [0.2, 0.25) is 0 Å². The Labute approximate surface area is 165 Å². The van der Waals surface area contributed by atoms with Crippen LogP contribution in [0.15, 0.2) is 39.5 Å². The van der Waals surface area contributed by atoms with Gasteiger partial charge in [0.2, 0.25) is 18.5 Å². The number of carbonyl (C=O) groups excluding carboxylic acids is 1. The predicted molar refractivity (Wildman–Crippen MR) is 101 cm³/mol. The molecule has 1 amide bonds. The number of benzene rings is 1. The van der Waals surface area contributed by atoms with Crippen molar-refractivity contribution in [3.8, 4) is 22.9 Å². The molecule has 1 saturated heterocycles. The monoisotopic (exact) mass is 398 g/mol. The second-order valence-electron chi connectivity index (χ2n) is 6.66. The molecular weight excluding hydrogens is 380 g/mol. The summed E-state index contributed by atoms with van der Waals surface area (Å²) in [5.41, 5.74) is 1.59. The third kappa shape index (κ3) is 3.34. The van der Waals surface area contributed by atoms with E-state index in [9.17, 15) is 4.79 Å². The molecule has 0 unspecified atom stereocenters. The lowest BCUT2D eigenvalue weighted by Crippen LogP contribution is -2.48. The summed E-state index contributed by atoms with van der Waals surface area (Å²) in [6, 6.07) is 7.29. The Bertz CT molecular complexity index is 980. The van der Waals surface area contributed by atoms with E-state index in [4.69, 9.17) is 14.0 Å². The number of amides is 1. The third-order valence-corrected chi connectivity index (χ3v) is 5.57. The quantitative estimate of drug-likeness (QED) is 0.668. The van der Waals surface area contributed by atoms with E-state index in [1.807, 2.05) is 21.7 Å². The minimum Gasteiger partial charge on any atom is -0.454 e. The Balaban J connectivity index is 1.18. The van der Waals surface area contributed by atoms with Gasteiger partial charge in [-0.1, -0.05) is 5.16 Å². The maximum atomic E-state index is 12.8. The summed E-state index contributed by atoms with van der Waals surface area (Å²) in [5, 5.41) is 8.03. The Morgan fingerprint density at radius 1 is 1.11 bits per heavy atom. The molecule has 0 atom stereocenters. The predicted octanol–water partition coefficient (Wildman–Crippen LogP) is 2.48. The van der Waals surface area contributed by atoms with Crippen molar-refractivity contribution in [3.63, 3.8) is 0 Å². The average Bonchev–Trinajstić information content (AvgIpc) is 3.48. The first-order valence-corrected chi connectivity index (χ1v) is 9.97. The lowest BCUT2D eigenvalue weighted by molar-refractivity contribution is 0.0614. The van der Waals surface area contributed by atoms with Crippen molar-refractivity contribution >= 4 is 17.2 Å². The van der Waals surface area contributed by atoms with Crippen LogP contribution in [0.3, 0.4) is 0 Å². The molecule has 0 spiro atoms. The molecule has 1 fully saturated rings. The van der Waals surface area contributed by atoms with Gasteiger partial charge in [0.15, 0.2) is 11.5 Å². The van der Waals surface area contributed by atoms with E-state index in [2.05, 4.69) is 15.0 Å². The van der Waals surface area contributed by atoms with Crippen LogP contribution in [0.5, 0.6) is 11.5 Å². The molecule has 0 radical (unpaired) electrons.